The predicted octanol–water partition coefficient (Wildman–Crippen LogP) is 10.5. The maximum Gasteiger partial charge on any atom is 0.303 e. The molecule has 3 nitrogen and oxygen atoms in total. The predicted molar refractivity (Wildman–Crippen MR) is 160 cm³/mol. The van der Waals surface area contributed by atoms with Crippen LogP contribution in [0.4, 0.5) is 0 Å². The smallest absolute Gasteiger partial charge is 0.303 e. The second-order valence-electron chi connectivity index (χ2n) is 10.4. The first kappa shape index (κ1) is 36.5. The Morgan fingerprint density at radius 2 is 1.06 bits per heavy atom. The third-order valence-electron chi connectivity index (χ3n) is 6.21. The van der Waals surface area contributed by atoms with Gasteiger partial charge in [-0.2, -0.15) is 0 Å². The Morgan fingerprint density at radius 1 is 0.583 bits per heavy atom. The Hall–Kier alpha value is -1.61. The Morgan fingerprint density at radius 3 is 1.56 bits per heavy atom. The summed E-state index contributed by atoms with van der Waals surface area (Å²) in [6.45, 7) is 11.0. The van der Waals surface area contributed by atoms with Crippen molar-refractivity contribution in [2.75, 3.05) is 6.61 Å². The maximum absolute atomic E-state index is 10.3. The lowest BCUT2D eigenvalue weighted by Crippen LogP contribution is -1.93. The van der Waals surface area contributed by atoms with Crippen molar-refractivity contribution in [2.24, 2.45) is 0 Å². The molecule has 0 aromatic carbocycles. The zero-order valence-electron chi connectivity index (χ0n) is 24.6. The second-order valence-corrected chi connectivity index (χ2v) is 10.4. The minimum absolute atomic E-state index is 0.162. The number of aliphatic hydroxyl groups excluding tert-OH is 1. The molecule has 0 aliphatic carbocycles. The fourth-order valence-corrected chi connectivity index (χ4v) is 3.84. The van der Waals surface area contributed by atoms with Gasteiger partial charge in [-0.15, -0.1) is 0 Å². The molecule has 0 rings (SSSR count). The summed E-state index contributed by atoms with van der Waals surface area (Å²) in [7, 11) is 0. The average Bonchev–Trinajstić information content (AvgIpc) is 2.82. The first-order valence-corrected chi connectivity index (χ1v) is 14.8. The van der Waals surface area contributed by atoms with Crippen molar-refractivity contribution in [3.8, 4) is 0 Å². The van der Waals surface area contributed by atoms with Crippen LogP contribution in [-0.4, -0.2) is 22.8 Å². The zero-order chi connectivity index (χ0) is 27.3. The lowest BCUT2D eigenvalue weighted by Gasteiger charge is -2.00. The highest BCUT2D eigenvalue weighted by Gasteiger charge is 1.96. The molecule has 3 heteroatoms. The molecular formula is C33H60O3. The van der Waals surface area contributed by atoms with Gasteiger partial charge in [-0.25, -0.2) is 0 Å². The van der Waals surface area contributed by atoms with Gasteiger partial charge in [0, 0.05) is 6.42 Å². The third kappa shape index (κ3) is 34.6. The van der Waals surface area contributed by atoms with Crippen LogP contribution < -0.4 is 0 Å². The summed E-state index contributed by atoms with van der Waals surface area (Å²) in [5.74, 6) is -0.664. The molecule has 0 aromatic heterocycles. The molecule has 210 valence electrons. The molecule has 0 fully saturated rings. The van der Waals surface area contributed by atoms with Crippen molar-refractivity contribution >= 4 is 5.97 Å². The molecular weight excluding hydrogens is 444 g/mol. The van der Waals surface area contributed by atoms with Crippen LogP contribution in [0.25, 0.3) is 0 Å². The molecule has 0 saturated heterocycles. The number of unbranched alkanes of at least 4 members (excludes halogenated alkanes) is 11. The number of aliphatic carboxylic acids is 1. The van der Waals surface area contributed by atoms with Crippen molar-refractivity contribution in [3.05, 3.63) is 47.1 Å². The SMILES string of the molecule is CC(C)=CCCC(C)=CCCC(C)=CCO.CCCCCCCC/C=C\CCCCCCCC(=O)O. The molecule has 0 atom stereocenters. The number of aliphatic hydroxyl groups is 1. The summed E-state index contributed by atoms with van der Waals surface area (Å²) in [6, 6.07) is 0. The van der Waals surface area contributed by atoms with Gasteiger partial charge in [0.1, 0.15) is 0 Å². The molecule has 36 heavy (non-hydrogen) atoms. The van der Waals surface area contributed by atoms with Crippen LogP contribution in [0.2, 0.25) is 0 Å². The first-order valence-electron chi connectivity index (χ1n) is 14.8. The Bertz CT molecular complexity index is 606. The van der Waals surface area contributed by atoms with Gasteiger partial charge in [0.25, 0.3) is 0 Å². The van der Waals surface area contributed by atoms with Gasteiger partial charge in [0.15, 0.2) is 0 Å². The average molecular weight is 505 g/mol. The number of carboxylic acids is 1. The van der Waals surface area contributed by atoms with E-state index in [9.17, 15) is 4.79 Å². The normalized spacial score (nSPS) is 11.9. The fourth-order valence-electron chi connectivity index (χ4n) is 3.84. The number of allylic oxidation sites excluding steroid dienone is 7. The quantitative estimate of drug-likeness (QED) is 0.114. The van der Waals surface area contributed by atoms with Gasteiger partial charge in [-0.05, 0) is 85.5 Å². The molecule has 0 spiro atoms. The molecule has 0 aliphatic rings. The lowest BCUT2D eigenvalue weighted by molar-refractivity contribution is -0.137. The Balaban J connectivity index is 0. The van der Waals surface area contributed by atoms with E-state index in [0.717, 1.165) is 38.5 Å². The van der Waals surface area contributed by atoms with E-state index in [-0.39, 0.29) is 6.61 Å². The lowest BCUT2D eigenvalue weighted by atomic mass is 10.1. The number of rotatable bonds is 22. The molecule has 0 unspecified atom stereocenters. The van der Waals surface area contributed by atoms with E-state index in [1.54, 1.807) is 0 Å². The summed E-state index contributed by atoms with van der Waals surface area (Å²) < 4.78 is 0. The first-order chi connectivity index (χ1) is 17.3. The Kier molecular flexibility index (Phi) is 30.1. The highest BCUT2D eigenvalue weighted by Crippen LogP contribution is 2.11. The van der Waals surface area contributed by atoms with Gasteiger partial charge in [-0.1, -0.05) is 105 Å². The topological polar surface area (TPSA) is 57.5 Å². The third-order valence-corrected chi connectivity index (χ3v) is 6.21. The molecule has 2 N–H and O–H groups in total. The number of hydrogen-bond donors (Lipinski definition) is 2. The van der Waals surface area contributed by atoms with Crippen LogP contribution in [0, 0.1) is 0 Å². The van der Waals surface area contributed by atoms with Crippen LogP contribution in [0.15, 0.2) is 47.1 Å². The minimum Gasteiger partial charge on any atom is -0.481 e. The van der Waals surface area contributed by atoms with Crippen LogP contribution >= 0.6 is 0 Å². The number of carboxylic acid groups (broad SMARTS) is 1. The van der Waals surface area contributed by atoms with Gasteiger partial charge in [0.05, 0.1) is 6.61 Å². The largest absolute Gasteiger partial charge is 0.481 e. The van der Waals surface area contributed by atoms with Gasteiger partial charge in [-0.3, -0.25) is 4.79 Å². The monoisotopic (exact) mass is 504 g/mol. The summed E-state index contributed by atoms with van der Waals surface area (Å²) in [6.07, 6.45) is 32.2. The highest BCUT2D eigenvalue weighted by molar-refractivity contribution is 5.66. The van der Waals surface area contributed by atoms with E-state index in [0.29, 0.717) is 6.42 Å². The summed E-state index contributed by atoms with van der Waals surface area (Å²) in [4.78, 5) is 10.3. The molecule has 0 saturated carbocycles. The minimum atomic E-state index is -0.664. The van der Waals surface area contributed by atoms with Crippen molar-refractivity contribution in [2.45, 2.75) is 150 Å². The molecule has 0 bridgehead atoms. The van der Waals surface area contributed by atoms with Crippen LogP contribution in [-0.2, 0) is 4.79 Å². The van der Waals surface area contributed by atoms with E-state index in [2.05, 4.69) is 58.9 Å². The molecule has 0 aliphatic heterocycles. The van der Waals surface area contributed by atoms with E-state index >= 15 is 0 Å². The van der Waals surface area contributed by atoms with Gasteiger partial charge in [0.2, 0.25) is 0 Å². The van der Waals surface area contributed by atoms with E-state index in [4.69, 9.17) is 10.2 Å². The van der Waals surface area contributed by atoms with E-state index in [1.807, 2.05) is 6.08 Å². The molecule has 0 radical (unpaired) electrons. The second kappa shape index (κ2) is 29.6. The maximum atomic E-state index is 10.3. The standard InChI is InChI=1S/C18H34O2.C15H26O/c1-2-3-4-5-6-7-8-9-10-11-12-13-14-15-16-17-18(19)20;1-13(2)7-5-8-14(3)9-6-10-15(4)11-12-16/h9-10H,2-8,11-17H2,1H3,(H,19,20);7,9,11,16H,5-6,8,10,12H2,1-4H3/b10-9-;. The number of hydrogen-bond acceptors (Lipinski definition) is 2. The van der Waals surface area contributed by atoms with E-state index < -0.39 is 5.97 Å². The highest BCUT2D eigenvalue weighted by atomic mass is 16.4. The molecule has 0 heterocycles. The zero-order valence-corrected chi connectivity index (χ0v) is 24.6. The molecule has 0 amide bonds. The summed E-state index contributed by atoms with van der Waals surface area (Å²) >= 11 is 0. The van der Waals surface area contributed by atoms with Crippen molar-refractivity contribution in [1.82, 2.24) is 0 Å². The van der Waals surface area contributed by atoms with Crippen molar-refractivity contribution < 1.29 is 15.0 Å². The van der Waals surface area contributed by atoms with Gasteiger partial charge < -0.3 is 10.2 Å². The fraction of sp³-hybridized carbons (Fsp3) is 0.727. The Labute approximate surface area is 224 Å². The van der Waals surface area contributed by atoms with Crippen LogP contribution in [0.3, 0.4) is 0 Å². The van der Waals surface area contributed by atoms with E-state index in [1.165, 1.54) is 87.3 Å². The van der Waals surface area contributed by atoms with Crippen molar-refractivity contribution in [1.29, 1.82) is 0 Å². The number of carbonyl (C=O) groups is 1. The molecule has 0 aromatic rings. The summed E-state index contributed by atoms with van der Waals surface area (Å²) in [5, 5.41) is 17.2. The van der Waals surface area contributed by atoms with Crippen molar-refractivity contribution in [3.63, 3.8) is 0 Å². The van der Waals surface area contributed by atoms with Crippen LogP contribution in [0.1, 0.15) is 150 Å². The van der Waals surface area contributed by atoms with Crippen LogP contribution in [0.5, 0.6) is 0 Å². The summed E-state index contributed by atoms with van der Waals surface area (Å²) in [5.41, 5.74) is 4.14. The van der Waals surface area contributed by atoms with Gasteiger partial charge >= 0.3 is 5.97 Å².